The lowest BCUT2D eigenvalue weighted by Gasteiger charge is -2.29. The van der Waals surface area contributed by atoms with Crippen LogP contribution < -0.4 is 30.5 Å². The van der Waals surface area contributed by atoms with E-state index in [0.717, 1.165) is 47.6 Å². The predicted octanol–water partition coefficient (Wildman–Crippen LogP) is 3.59. The van der Waals surface area contributed by atoms with E-state index in [1.54, 1.807) is 0 Å². The van der Waals surface area contributed by atoms with Gasteiger partial charge >= 0.3 is 0 Å². The number of aromatic nitrogens is 2. The number of carbonyl (C=O) groups is 1. The van der Waals surface area contributed by atoms with E-state index in [9.17, 15) is 4.79 Å². The quantitative estimate of drug-likeness (QED) is 0.519. The fraction of sp³-hybridized carbons (Fsp3) is 0.500. The number of aldehydes is 1. The number of fused-ring (bicyclic) bond motifs is 1. The summed E-state index contributed by atoms with van der Waals surface area (Å²) in [5, 5.41) is 9.70. The Morgan fingerprint density at radius 1 is 1.06 bits per heavy atom. The van der Waals surface area contributed by atoms with Gasteiger partial charge in [0.05, 0.1) is 17.1 Å². The van der Waals surface area contributed by atoms with Crippen LogP contribution in [0, 0.1) is 6.92 Å². The summed E-state index contributed by atoms with van der Waals surface area (Å²) in [6, 6.07) is 4.01. The second-order valence-corrected chi connectivity index (χ2v) is 7.51. The summed E-state index contributed by atoms with van der Waals surface area (Å²) < 4.78 is 6.26. The minimum Gasteiger partial charge on any atom is -0.473 e. The van der Waals surface area contributed by atoms with Crippen LogP contribution in [0.4, 0.5) is 34.3 Å². The summed E-state index contributed by atoms with van der Waals surface area (Å²) in [6.45, 7) is 6.03. The predicted molar refractivity (Wildman–Crippen MR) is 127 cm³/mol. The number of aryl methyl sites for hydroxylation is 1. The highest BCUT2D eigenvalue weighted by molar-refractivity contribution is 5.99. The van der Waals surface area contributed by atoms with Crippen molar-refractivity contribution in [2.75, 3.05) is 53.9 Å². The van der Waals surface area contributed by atoms with Crippen LogP contribution in [0.25, 0.3) is 0 Å². The molecule has 0 spiro atoms. The molecule has 1 aromatic heterocycles. The van der Waals surface area contributed by atoms with Gasteiger partial charge in [-0.2, -0.15) is 4.98 Å². The minimum atomic E-state index is -0.588. The fourth-order valence-corrected chi connectivity index (χ4v) is 3.94. The van der Waals surface area contributed by atoms with Gasteiger partial charge in [0, 0.05) is 33.9 Å². The van der Waals surface area contributed by atoms with Crippen LogP contribution in [0.15, 0.2) is 12.1 Å². The second kappa shape index (κ2) is 9.28. The minimum absolute atomic E-state index is 0.0474. The van der Waals surface area contributed by atoms with Gasteiger partial charge in [0.1, 0.15) is 17.6 Å². The van der Waals surface area contributed by atoms with Crippen LogP contribution in [0.3, 0.4) is 0 Å². The standard InChI is InChI=1S/C22H33N7O2/c1-8-15(9-2)31-22-20-21(26-13(3)27-22)29(18(12-30)28(20)7)19-16(24-5)10-14(23-4)11-17(19)25-6/h10-12,15,18,23-25H,8-9H2,1-7H3. The van der Waals surface area contributed by atoms with Gasteiger partial charge in [-0.05, 0) is 31.9 Å². The first-order valence-corrected chi connectivity index (χ1v) is 10.7. The molecule has 1 atom stereocenters. The van der Waals surface area contributed by atoms with Crippen LogP contribution in [-0.2, 0) is 4.79 Å². The molecule has 168 valence electrons. The van der Waals surface area contributed by atoms with Crippen molar-refractivity contribution in [1.29, 1.82) is 0 Å². The molecule has 1 aliphatic rings. The van der Waals surface area contributed by atoms with Gasteiger partial charge in [0.25, 0.3) is 0 Å². The summed E-state index contributed by atoms with van der Waals surface area (Å²) in [4.78, 5) is 25.4. The topological polar surface area (TPSA) is 94.7 Å². The Labute approximate surface area is 184 Å². The maximum absolute atomic E-state index is 12.3. The second-order valence-electron chi connectivity index (χ2n) is 7.51. The molecule has 0 bridgehead atoms. The van der Waals surface area contributed by atoms with E-state index in [0.29, 0.717) is 17.5 Å². The molecule has 0 saturated carbocycles. The number of carbonyl (C=O) groups excluding carboxylic acids is 1. The Balaban J connectivity index is 2.26. The lowest BCUT2D eigenvalue weighted by molar-refractivity contribution is -0.108. The first-order chi connectivity index (χ1) is 14.9. The number of rotatable bonds is 9. The SMILES string of the molecule is CCC(CC)Oc1nc(C)nc2c1N(C)C(C=O)N2c1c(NC)cc(NC)cc1NC. The number of hydrogen-bond donors (Lipinski definition) is 3. The van der Waals surface area contributed by atoms with Crippen LogP contribution in [0.2, 0.25) is 0 Å². The third kappa shape index (κ3) is 3.92. The third-order valence-electron chi connectivity index (χ3n) is 5.68. The number of nitrogens with zero attached hydrogens (tertiary/aromatic N) is 4. The molecule has 31 heavy (non-hydrogen) atoms. The van der Waals surface area contributed by atoms with Gasteiger partial charge in [-0.15, -0.1) is 0 Å². The molecule has 0 fully saturated rings. The van der Waals surface area contributed by atoms with Gasteiger partial charge in [-0.1, -0.05) is 13.8 Å². The van der Waals surface area contributed by atoms with E-state index >= 15 is 0 Å². The van der Waals surface area contributed by atoms with E-state index in [2.05, 4.69) is 34.8 Å². The van der Waals surface area contributed by atoms with Crippen molar-refractivity contribution in [2.24, 2.45) is 0 Å². The zero-order valence-electron chi connectivity index (χ0n) is 19.4. The largest absolute Gasteiger partial charge is 0.473 e. The zero-order valence-corrected chi connectivity index (χ0v) is 19.4. The summed E-state index contributed by atoms with van der Waals surface area (Å²) in [6.07, 6.45) is 2.12. The van der Waals surface area contributed by atoms with Gasteiger partial charge in [0.15, 0.2) is 18.3 Å². The van der Waals surface area contributed by atoms with E-state index in [1.165, 1.54) is 0 Å². The molecule has 1 aliphatic heterocycles. The Kier molecular flexibility index (Phi) is 6.72. The Morgan fingerprint density at radius 3 is 2.16 bits per heavy atom. The summed E-state index contributed by atoms with van der Waals surface area (Å²) in [5.41, 5.74) is 4.23. The van der Waals surface area contributed by atoms with Crippen molar-refractivity contribution < 1.29 is 9.53 Å². The smallest absolute Gasteiger partial charge is 0.243 e. The molecule has 0 aliphatic carbocycles. The third-order valence-corrected chi connectivity index (χ3v) is 5.68. The molecular formula is C22H33N7O2. The fourth-order valence-electron chi connectivity index (χ4n) is 3.94. The molecule has 3 rings (SSSR count). The maximum Gasteiger partial charge on any atom is 0.243 e. The molecular weight excluding hydrogens is 394 g/mol. The lowest BCUT2D eigenvalue weighted by Crippen LogP contribution is -2.40. The molecule has 9 heteroatoms. The monoisotopic (exact) mass is 427 g/mol. The van der Waals surface area contributed by atoms with Crippen LogP contribution >= 0.6 is 0 Å². The Bertz CT molecular complexity index is 921. The van der Waals surface area contributed by atoms with Crippen LogP contribution in [0.1, 0.15) is 32.5 Å². The Hall–Kier alpha value is -3.23. The van der Waals surface area contributed by atoms with Gasteiger partial charge < -0.3 is 25.6 Å². The first kappa shape index (κ1) is 22.5. The first-order valence-electron chi connectivity index (χ1n) is 10.7. The average molecular weight is 428 g/mol. The molecule has 3 N–H and O–H groups in total. The van der Waals surface area contributed by atoms with Crippen molar-refractivity contribution >= 4 is 40.5 Å². The Morgan fingerprint density at radius 2 is 1.68 bits per heavy atom. The molecule has 0 amide bonds. The number of nitrogens with one attached hydrogen (secondary N) is 3. The summed E-state index contributed by atoms with van der Waals surface area (Å²) in [5.74, 6) is 1.75. The van der Waals surface area contributed by atoms with Crippen LogP contribution in [0.5, 0.6) is 5.88 Å². The number of benzene rings is 1. The number of hydrogen-bond acceptors (Lipinski definition) is 9. The number of likely N-dealkylation sites (N-methyl/N-ethyl adjacent to an activating group) is 1. The van der Waals surface area contributed by atoms with Gasteiger partial charge in [-0.3, -0.25) is 9.69 Å². The van der Waals surface area contributed by atoms with Crippen molar-refractivity contribution in [3.63, 3.8) is 0 Å². The van der Waals surface area contributed by atoms with E-state index < -0.39 is 6.17 Å². The highest BCUT2D eigenvalue weighted by Gasteiger charge is 2.41. The molecule has 2 heterocycles. The van der Waals surface area contributed by atoms with Crippen molar-refractivity contribution in [2.45, 2.75) is 45.9 Å². The van der Waals surface area contributed by atoms with Crippen molar-refractivity contribution in [1.82, 2.24) is 9.97 Å². The highest BCUT2D eigenvalue weighted by atomic mass is 16.5. The highest BCUT2D eigenvalue weighted by Crippen LogP contribution is 2.50. The molecule has 0 saturated heterocycles. The van der Waals surface area contributed by atoms with E-state index in [4.69, 9.17) is 9.72 Å². The molecule has 1 aromatic carbocycles. The molecule has 9 nitrogen and oxygen atoms in total. The van der Waals surface area contributed by atoms with Crippen molar-refractivity contribution in [3.8, 4) is 5.88 Å². The summed E-state index contributed by atoms with van der Waals surface area (Å²) in [7, 11) is 7.47. The van der Waals surface area contributed by atoms with Crippen molar-refractivity contribution in [3.05, 3.63) is 18.0 Å². The van der Waals surface area contributed by atoms with Gasteiger partial charge in [0.2, 0.25) is 5.88 Å². The summed E-state index contributed by atoms with van der Waals surface area (Å²) >= 11 is 0. The van der Waals surface area contributed by atoms with Gasteiger partial charge in [-0.25, -0.2) is 4.98 Å². The molecule has 2 aromatic rings. The zero-order chi connectivity index (χ0) is 22.7. The maximum atomic E-state index is 12.3. The molecule has 1 unspecified atom stereocenters. The molecule has 0 radical (unpaired) electrons. The lowest BCUT2D eigenvalue weighted by atomic mass is 10.1. The normalized spacial score (nSPS) is 15.2. The van der Waals surface area contributed by atoms with E-state index in [-0.39, 0.29) is 6.10 Å². The number of anilines is 6. The average Bonchev–Trinajstić information content (AvgIpc) is 3.06. The van der Waals surface area contributed by atoms with Crippen LogP contribution in [-0.4, -0.2) is 56.7 Å². The van der Waals surface area contributed by atoms with E-state index in [1.807, 2.05) is 57.0 Å². The number of ether oxygens (including phenoxy) is 1.